The number of hydrogen-bond acceptors (Lipinski definition) is 2. The summed E-state index contributed by atoms with van der Waals surface area (Å²) in [5.41, 5.74) is 1.89. The van der Waals surface area contributed by atoms with Crippen LogP contribution in [0.4, 0.5) is 0 Å². The first-order chi connectivity index (χ1) is 9.75. The van der Waals surface area contributed by atoms with Crippen molar-refractivity contribution in [3.05, 3.63) is 35.4 Å². The van der Waals surface area contributed by atoms with E-state index in [1.807, 2.05) is 31.2 Å². The van der Waals surface area contributed by atoms with Gasteiger partial charge in [0.2, 0.25) is 0 Å². The van der Waals surface area contributed by atoms with Crippen molar-refractivity contribution in [3.8, 4) is 0 Å². The Morgan fingerprint density at radius 1 is 1.20 bits per heavy atom. The van der Waals surface area contributed by atoms with Gasteiger partial charge in [-0.15, -0.1) is 0 Å². The second-order valence-electron chi connectivity index (χ2n) is 5.61. The molecule has 1 amide bonds. The van der Waals surface area contributed by atoms with Gasteiger partial charge in [0.15, 0.2) is 0 Å². The van der Waals surface area contributed by atoms with Crippen molar-refractivity contribution in [1.82, 2.24) is 5.32 Å². The minimum Gasteiger partial charge on any atom is -0.378 e. The van der Waals surface area contributed by atoms with Gasteiger partial charge in [-0.05, 0) is 38.3 Å². The summed E-state index contributed by atoms with van der Waals surface area (Å²) >= 11 is 0. The molecule has 1 aliphatic rings. The standard InChI is InChI=1S/C17H25NO2/c1-14-8-10-15(11-9-14)17(19)18-12-5-13-20-16-6-3-2-4-7-16/h8-11,16H,2-7,12-13H2,1H3,(H,18,19). The molecule has 3 nitrogen and oxygen atoms in total. The van der Waals surface area contributed by atoms with E-state index in [0.717, 1.165) is 18.6 Å². The quantitative estimate of drug-likeness (QED) is 0.807. The van der Waals surface area contributed by atoms with Crippen LogP contribution in [-0.4, -0.2) is 25.2 Å². The fraction of sp³-hybridized carbons (Fsp3) is 0.588. The third-order valence-electron chi connectivity index (χ3n) is 3.83. The Bertz CT molecular complexity index is 408. The summed E-state index contributed by atoms with van der Waals surface area (Å²) in [7, 11) is 0. The average Bonchev–Trinajstić information content (AvgIpc) is 2.48. The van der Waals surface area contributed by atoms with Gasteiger partial charge in [0.05, 0.1) is 6.10 Å². The molecule has 1 aliphatic carbocycles. The van der Waals surface area contributed by atoms with Gasteiger partial charge < -0.3 is 10.1 Å². The van der Waals surface area contributed by atoms with Crippen molar-refractivity contribution in [2.75, 3.05) is 13.2 Å². The van der Waals surface area contributed by atoms with Crippen molar-refractivity contribution in [1.29, 1.82) is 0 Å². The lowest BCUT2D eigenvalue weighted by Gasteiger charge is -2.21. The highest BCUT2D eigenvalue weighted by molar-refractivity contribution is 5.94. The predicted molar refractivity (Wildman–Crippen MR) is 81.0 cm³/mol. The summed E-state index contributed by atoms with van der Waals surface area (Å²) in [4.78, 5) is 11.9. The average molecular weight is 275 g/mol. The Kier molecular flexibility index (Phi) is 6.06. The number of carbonyl (C=O) groups is 1. The van der Waals surface area contributed by atoms with Crippen LogP contribution >= 0.6 is 0 Å². The zero-order chi connectivity index (χ0) is 14.2. The van der Waals surface area contributed by atoms with Crippen molar-refractivity contribution in [2.24, 2.45) is 0 Å². The van der Waals surface area contributed by atoms with E-state index >= 15 is 0 Å². The summed E-state index contributed by atoms with van der Waals surface area (Å²) in [6.07, 6.45) is 7.70. The Morgan fingerprint density at radius 3 is 2.60 bits per heavy atom. The molecule has 0 saturated heterocycles. The molecule has 0 unspecified atom stereocenters. The van der Waals surface area contributed by atoms with Gasteiger partial charge in [0, 0.05) is 18.7 Å². The van der Waals surface area contributed by atoms with E-state index < -0.39 is 0 Å². The number of nitrogens with one attached hydrogen (secondary N) is 1. The molecule has 0 aromatic heterocycles. The molecule has 1 fully saturated rings. The third kappa shape index (κ3) is 4.97. The lowest BCUT2D eigenvalue weighted by Crippen LogP contribution is -2.26. The molecule has 1 aromatic rings. The summed E-state index contributed by atoms with van der Waals surface area (Å²) < 4.78 is 5.83. The lowest BCUT2D eigenvalue weighted by molar-refractivity contribution is 0.0273. The lowest BCUT2D eigenvalue weighted by atomic mass is 9.98. The van der Waals surface area contributed by atoms with Crippen LogP contribution in [0.2, 0.25) is 0 Å². The maximum Gasteiger partial charge on any atom is 0.251 e. The van der Waals surface area contributed by atoms with Crippen LogP contribution in [0, 0.1) is 6.92 Å². The second-order valence-corrected chi connectivity index (χ2v) is 5.61. The van der Waals surface area contributed by atoms with Gasteiger partial charge in [-0.3, -0.25) is 4.79 Å². The molecule has 0 radical (unpaired) electrons. The number of benzene rings is 1. The van der Waals surface area contributed by atoms with Crippen LogP contribution in [0.15, 0.2) is 24.3 Å². The molecule has 2 rings (SSSR count). The van der Waals surface area contributed by atoms with Crippen LogP contribution in [0.25, 0.3) is 0 Å². The third-order valence-corrected chi connectivity index (χ3v) is 3.83. The Hall–Kier alpha value is -1.35. The predicted octanol–water partition coefficient (Wildman–Crippen LogP) is 3.46. The molecule has 0 bridgehead atoms. The van der Waals surface area contributed by atoms with Gasteiger partial charge in [0.1, 0.15) is 0 Å². The van der Waals surface area contributed by atoms with Crippen molar-refractivity contribution in [3.63, 3.8) is 0 Å². The summed E-state index contributed by atoms with van der Waals surface area (Å²) in [6.45, 7) is 3.45. The number of hydrogen-bond donors (Lipinski definition) is 1. The molecule has 3 heteroatoms. The number of amides is 1. The molecule has 0 spiro atoms. The van der Waals surface area contributed by atoms with E-state index in [1.165, 1.54) is 37.7 Å². The monoisotopic (exact) mass is 275 g/mol. The normalized spacial score (nSPS) is 16.1. The molecule has 110 valence electrons. The van der Waals surface area contributed by atoms with E-state index in [1.54, 1.807) is 0 Å². The molecule has 1 N–H and O–H groups in total. The minimum absolute atomic E-state index is 0.00247. The highest BCUT2D eigenvalue weighted by atomic mass is 16.5. The second kappa shape index (κ2) is 8.05. The zero-order valence-corrected chi connectivity index (χ0v) is 12.4. The van der Waals surface area contributed by atoms with Gasteiger partial charge >= 0.3 is 0 Å². The van der Waals surface area contributed by atoms with Crippen LogP contribution in [0.5, 0.6) is 0 Å². The maximum absolute atomic E-state index is 11.9. The fourth-order valence-corrected chi connectivity index (χ4v) is 2.56. The molecular formula is C17H25NO2. The molecule has 1 aromatic carbocycles. The molecular weight excluding hydrogens is 250 g/mol. The fourth-order valence-electron chi connectivity index (χ4n) is 2.56. The first-order valence-corrected chi connectivity index (χ1v) is 7.72. The van der Waals surface area contributed by atoms with E-state index in [4.69, 9.17) is 4.74 Å². The molecule has 1 saturated carbocycles. The van der Waals surface area contributed by atoms with Gasteiger partial charge in [-0.1, -0.05) is 37.0 Å². The van der Waals surface area contributed by atoms with E-state index in [-0.39, 0.29) is 5.91 Å². The Labute approximate surface area is 121 Å². The van der Waals surface area contributed by atoms with E-state index in [2.05, 4.69) is 5.32 Å². The molecule has 20 heavy (non-hydrogen) atoms. The molecule has 0 aliphatic heterocycles. The minimum atomic E-state index is 0.00247. The molecule has 0 heterocycles. The summed E-state index contributed by atoms with van der Waals surface area (Å²) in [5, 5.41) is 2.94. The SMILES string of the molecule is Cc1ccc(C(=O)NCCCOC2CCCCC2)cc1. The Balaban J connectivity index is 1.58. The highest BCUT2D eigenvalue weighted by Crippen LogP contribution is 2.20. The molecule has 0 atom stereocenters. The zero-order valence-electron chi connectivity index (χ0n) is 12.4. The topological polar surface area (TPSA) is 38.3 Å². The van der Waals surface area contributed by atoms with Gasteiger partial charge in [-0.25, -0.2) is 0 Å². The first-order valence-electron chi connectivity index (χ1n) is 7.72. The number of carbonyl (C=O) groups excluding carboxylic acids is 1. The highest BCUT2D eigenvalue weighted by Gasteiger charge is 2.13. The Morgan fingerprint density at radius 2 is 1.90 bits per heavy atom. The van der Waals surface area contributed by atoms with Crippen LogP contribution in [0.3, 0.4) is 0 Å². The summed E-state index contributed by atoms with van der Waals surface area (Å²) in [6, 6.07) is 7.65. The van der Waals surface area contributed by atoms with Crippen LogP contribution in [0.1, 0.15) is 54.4 Å². The van der Waals surface area contributed by atoms with E-state index in [9.17, 15) is 4.79 Å². The van der Waals surface area contributed by atoms with Crippen molar-refractivity contribution >= 4 is 5.91 Å². The van der Waals surface area contributed by atoms with Crippen molar-refractivity contribution < 1.29 is 9.53 Å². The van der Waals surface area contributed by atoms with E-state index in [0.29, 0.717) is 12.6 Å². The first kappa shape index (κ1) is 15.0. The van der Waals surface area contributed by atoms with Gasteiger partial charge in [-0.2, -0.15) is 0 Å². The van der Waals surface area contributed by atoms with Crippen LogP contribution < -0.4 is 5.32 Å². The number of rotatable bonds is 6. The van der Waals surface area contributed by atoms with Crippen molar-refractivity contribution in [2.45, 2.75) is 51.6 Å². The number of ether oxygens (including phenoxy) is 1. The van der Waals surface area contributed by atoms with Gasteiger partial charge in [0.25, 0.3) is 5.91 Å². The van der Waals surface area contributed by atoms with Crippen LogP contribution in [-0.2, 0) is 4.74 Å². The maximum atomic E-state index is 11.9. The smallest absolute Gasteiger partial charge is 0.251 e. The largest absolute Gasteiger partial charge is 0.378 e. The summed E-state index contributed by atoms with van der Waals surface area (Å²) in [5.74, 6) is 0.00247. The number of aryl methyl sites for hydroxylation is 1.